The van der Waals surface area contributed by atoms with E-state index in [0.717, 1.165) is 15.6 Å². The second-order valence-corrected chi connectivity index (χ2v) is 9.48. The minimum atomic E-state index is -0.509. The zero-order chi connectivity index (χ0) is 26.8. The number of nitrogens with one attached hydrogen (secondary N) is 1. The Balaban J connectivity index is 1.78. The smallest absolute Gasteiger partial charge is 0.262 e. The molecule has 0 aliphatic heterocycles. The van der Waals surface area contributed by atoms with E-state index in [0.29, 0.717) is 46.2 Å². The summed E-state index contributed by atoms with van der Waals surface area (Å²) in [6, 6.07) is 18.6. The Labute approximate surface area is 233 Å². The Bertz CT molecular complexity index is 1320. The molecule has 0 atom stereocenters. The maximum absolute atomic E-state index is 12.8. The average molecular weight is 630 g/mol. The van der Waals surface area contributed by atoms with Gasteiger partial charge in [-0.05, 0) is 76.5 Å². The molecule has 3 aromatic carbocycles. The number of nitriles is 1. The van der Waals surface area contributed by atoms with E-state index in [1.54, 1.807) is 44.6 Å². The summed E-state index contributed by atoms with van der Waals surface area (Å²) in [6.45, 7) is 2.82. The molecule has 0 radical (unpaired) electrons. The summed E-state index contributed by atoms with van der Waals surface area (Å²) in [5.41, 5.74) is 2.31. The van der Waals surface area contributed by atoms with E-state index in [1.165, 1.54) is 6.08 Å². The number of nitrogens with zero attached hydrogens (tertiary/aromatic N) is 1. The van der Waals surface area contributed by atoms with Gasteiger partial charge in [0.2, 0.25) is 0 Å². The topological polar surface area (TPSA) is 89.8 Å². The molecule has 3 aromatic rings. The standard InChI is InChI=1S/C28H26Br2N2O5/c1-4-36-26-13-19(12-24(30)27(26)37-17-18-5-8-22(29)9-6-18)11-21(15-31)28(33)32-16-20-7-10-23(34-2)14-25(20)35-3/h5-14H,4,16-17H2,1-3H3,(H,32,33)/b21-11+. The molecule has 0 aromatic heterocycles. The third kappa shape index (κ3) is 7.75. The highest BCUT2D eigenvalue weighted by Gasteiger charge is 2.15. The number of carbonyl (C=O) groups is 1. The number of methoxy groups -OCH3 is 2. The Morgan fingerprint density at radius 1 is 1.00 bits per heavy atom. The van der Waals surface area contributed by atoms with Crippen LogP contribution in [-0.2, 0) is 17.9 Å². The molecule has 0 unspecified atom stereocenters. The molecule has 9 heteroatoms. The number of carbonyl (C=O) groups excluding carboxylic acids is 1. The Morgan fingerprint density at radius 2 is 1.76 bits per heavy atom. The van der Waals surface area contributed by atoms with Crippen molar-refractivity contribution in [2.24, 2.45) is 0 Å². The van der Waals surface area contributed by atoms with Crippen molar-refractivity contribution in [1.82, 2.24) is 5.32 Å². The maximum atomic E-state index is 12.8. The summed E-state index contributed by atoms with van der Waals surface area (Å²) in [7, 11) is 3.11. The lowest BCUT2D eigenvalue weighted by Crippen LogP contribution is -2.24. The SMILES string of the molecule is CCOc1cc(/C=C(\C#N)C(=O)NCc2ccc(OC)cc2OC)cc(Br)c1OCc1ccc(Br)cc1. The molecule has 0 aliphatic rings. The number of hydrogen-bond acceptors (Lipinski definition) is 6. The van der Waals surface area contributed by atoms with Gasteiger partial charge in [0, 0.05) is 22.6 Å². The van der Waals surface area contributed by atoms with E-state index in [9.17, 15) is 10.1 Å². The molecule has 0 saturated carbocycles. The van der Waals surface area contributed by atoms with Crippen LogP contribution >= 0.6 is 31.9 Å². The van der Waals surface area contributed by atoms with Crippen LogP contribution in [-0.4, -0.2) is 26.7 Å². The van der Waals surface area contributed by atoms with Crippen molar-refractivity contribution in [3.05, 3.63) is 85.8 Å². The van der Waals surface area contributed by atoms with Crippen LogP contribution < -0.4 is 24.3 Å². The second kappa shape index (κ2) is 13.7. The van der Waals surface area contributed by atoms with Gasteiger partial charge in [0.25, 0.3) is 5.91 Å². The number of ether oxygens (including phenoxy) is 4. The van der Waals surface area contributed by atoms with E-state index >= 15 is 0 Å². The van der Waals surface area contributed by atoms with Crippen LogP contribution in [0.25, 0.3) is 6.08 Å². The number of rotatable bonds is 11. The van der Waals surface area contributed by atoms with Crippen LogP contribution in [0.15, 0.2) is 69.1 Å². The molecule has 0 aliphatic carbocycles. The first-order chi connectivity index (χ1) is 17.9. The lowest BCUT2D eigenvalue weighted by molar-refractivity contribution is -0.117. The maximum Gasteiger partial charge on any atom is 0.262 e. The van der Waals surface area contributed by atoms with Crippen LogP contribution in [0.4, 0.5) is 0 Å². The Kier molecular flexibility index (Phi) is 10.4. The van der Waals surface area contributed by atoms with Gasteiger partial charge in [-0.1, -0.05) is 28.1 Å². The van der Waals surface area contributed by atoms with Gasteiger partial charge < -0.3 is 24.3 Å². The molecule has 0 fully saturated rings. The summed E-state index contributed by atoms with van der Waals surface area (Å²) < 4.78 is 24.0. The molecule has 3 rings (SSSR count). The fraction of sp³-hybridized carbons (Fsp3) is 0.214. The number of amides is 1. The first-order valence-corrected chi connectivity index (χ1v) is 12.9. The van der Waals surface area contributed by atoms with Gasteiger partial charge in [0.15, 0.2) is 11.5 Å². The monoisotopic (exact) mass is 628 g/mol. The third-order valence-electron chi connectivity index (χ3n) is 5.24. The summed E-state index contributed by atoms with van der Waals surface area (Å²) in [4.78, 5) is 12.8. The van der Waals surface area contributed by atoms with Crippen LogP contribution in [0.2, 0.25) is 0 Å². The number of benzene rings is 3. The molecule has 0 heterocycles. The van der Waals surface area contributed by atoms with Crippen molar-refractivity contribution >= 4 is 43.8 Å². The highest BCUT2D eigenvalue weighted by Crippen LogP contribution is 2.38. The number of hydrogen-bond donors (Lipinski definition) is 1. The fourth-order valence-corrected chi connectivity index (χ4v) is 4.23. The van der Waals surface area contributed by atoms with Crippen LogP contribution in [0, 0.1) is 11.3 Å². The fourth-order valence-electron chi connectivity index (χ4n) is 3.39. The summed E-state index contributed by atoms with van der Waals surface area (Å²) in [5, 5.41) is 12.4. The third-order valence-corrected chi connectivity index (χ3v) is 6.36. The molecular formula is C28H26Br2N2O5. The predicted molar refractivity (Wildman–Crippen MR) is 149 cm³/mol. The van der Waals surface area contributed by atoms with Gasteiger partial charge in [0.05, 0.1) is 25.3 Å². The lowest BCUT2D eigenvalue weighted by atomic mass is 10.1. The second-order valence-electron chi connectivity index (χ2n) is 7.71. The first kappa shape index (κ1) is 28.1. The minimum absolute atomic E-state index is 0.0506. The normalized spacial score (nSPS) is 10.9. The Hall–Kier alpha value is -3.48. The average Bonchev–Trinajstić information content (AvgIpc) is 2.90. The minimum Gasteiger partial charge on any atom is -0.497 e. The van der Waals surface area contributed by atoms with Gasteiger partial charge >= 0.3 is 0 Å². The van der Waals surface area contributed by atoms with E-state index in [-0.39, 0.29) is 12.1 Å². The van der Waals surface area contributed by atoms with Crippen LogP contribution in [0.5, 0.6) is 23.0 Å². The molecule has 1 amide bonds. The van der Waals surface area contributed by atoms with Gasteiger partial charge in [-0.15, -0.1) is 0 Å². The molecule has 7 nitrogen and oxygen atoms in total. The summed E-state index contributed by atoms with van der Waals surface area (Å²) in [6.07, 6.45) is 1.51. The van der Waals surface area contributed by atoms with Crippen molar-refractivity contribution in [1.29, 1.82) is 5.26 Å². The molecule has 37 heavy (non-hydrogen) atoms. The summed E-state index contributed by atoms with van der Waals surface area (Å²) in [5.74, 6) is 1.75. The van der Waals surface area contributed by atoms with E-state index in [1.807, 2.05) is 37.3 Å². The quantitative estimate of drug-likeness (QED) is 0.194. The van der Waals surface area contributed by atoms with Crippen molar-refractivity contribution in [3.63, 3.8) is 0 Å². The van der Waals surface area contributed by atoms with Crippen LogP contribution in [0.3, 0.4) is 0 Å². The molecule has 192 valence electrons. The van der Waals surface area contributed by atoms with E-state index in [4.69, 9.17) is 18.9 Å². The van der Waals surface area contributed by atoms with Gasteiger partial charge in [-0.3, -0.25) is 4.79 Å². The molecule has 1 N–H and O–H groups in total. The molecular weight excluding hydrogens is 604 g/mol. The molecule has 0 spiro atoms. The highest BCUT2D eigenvalue weighted by molar-refractivity contribution is 9.10. The first-order valence-electron chi connectivity index (χ1n) is 11.3. The highest BCUT2D eigenvalue weighted by atomic mass is 79.9. The zero-order valence-corrected chi connectivity index (χ0v) is 23.8. The van der Waals surface area contributed by atoms with Gasteiger partial charge in [0.1, 0.15) is 29.7 Å². The van der Waals surface area contributed by atoms with Crippen molar-refractivity contribution in [2.45, 2.75) is 20.1 Å². The molecule has 0 saturated heterocycles. The summed E-state index contributed by atoms with van der Waals surface area (Å²) >= 11 is 6.97. The van der Waals surface area contributed by atoms with Crippen molar-refractivity contribution in [2.75, 3.05) is 20.8 Å². The van der Waals surface area contributed by atoms with Crippen molar-refractivity contribution in [3.8, 4) is 29.1 Å². The zero-order valence-electron chi connectivity index (χ0n) is 20.6. The van der Waals surface area contributed by atoms with Gasteiger partial charge in [-0.2, -0.15) is 5.26 Å². The van der Waals surface area contributed by atoms with E-state index < -0.39 is 5.91 Å². The largest absolute Gasteiger partial charge is 0.497 e. The molecule has 0 bridgehead atoms. The van der Waals surface area contributed by atoms with Crippen LogP contribution in [0.1, 0.15) is 23.6 Å². The van der Waals surface area contributed by atoms with E-state index in [2.05, 4.69) is 37.2 Å². The van der Waals surface area contributed by atoms with Crippen molar-refractivity contribution < 1.29 is 23.7 Å². The lowest BCUT2D eigenvalue weighted by Gasteiger charge is -2.15. The van der Waals surface area contributed by atoms with Gasteiger partial charge in [-0.25, -0.2) is 0 Å². The predicted octanol–water partition coefficient (Wildman–Crippen LogP) is 6.43. The Morgan fingerprint density at radius 3 is 2.41 bits per heavy atom. The number of halogens is 2.